The third kappa shape index (κ3) is 3.39. The summed E-state index contributed by atoms with van der Waals surface area (Å²) in [7, 11) is 0. The average Bonchev–Trinajstić information content (AvgIpc) is 2.74. The molecule has 1 aromatic carbocycles. The Hall–Kier alpha value is -1.11. The first-order chi connectivity index (χ1) is 10.3. The number of fused-ring (bicyclic) bond motifs is 1. The molecule has 110 valence electrons. The Balaban J connectivity index is 2.02. The molecule has 0 fully saturated rings. The number of nitrogens with zero attached hydrogens (tertiary/aromatic N) is 2. The van der Waals surface area contributed by atoms with Crippen molar-refractivity contribution in [2.45, 2.75) is 18.0 Å². The number of nitrogens with one attached hydrogen (secondary N) is 2. The van der Waals surface area contributed by atoms with Crippen molar-refractivity contribution >= 4 is 39.2 Å². The number of para-hydroxylation sites is 1. The van der Waals surface area contributed by atoms with Crippen LogP contribution in [0.1, 0.15) is 11.3 Å². The Bertz CT molecular complexity index is 648. The van der Waals surface area contributed by atoms with E-state index >= 15 is 0 Å². The number of thioether (sulfide) groups is 1. The van der Waals surface area contributed by atoms with E-state index in [1.165, 1.54) is 5.56 Å². The van der Waals surface area contributed by atoms with Crippen molar-refractivity contribution in [1.82, 2.24) is 15.3 Å². The van der Waals surface area contributed by atoms with Crippen LogP contribution in [0.15, 0.2) is 33.9 Å². The van der Waals surface area contributed by atoms with Crippen molar-refractivity contribution in [3.63, 3.8) is 0 Å². The zero-order chi connectivity index (χ0) is 14.7. The van der Waals surface area contributed by atoms with Gasteiger partial charge in [-0.05, 0) is 47.3 Å². The second-order valence-corrected chi connectivity index (χ2v) is 6.47. The Morgan fingerprint density at radius 3 is 2.81 bits per heavy atom. The lowest BCUT2D eigenvalue weighted by atomic mass is 10.1. The lowest BCUT2D eigenvalue weighted by molar-refractivity contribution is 0.707. The number of anilines is 2. The maximum Gasteiger partial charge on any atom is 0.189 e. The number of aromatic nitrogens is 2. The Kier molecular flexibility index (Phi) is 4.77. The van der Waals surface area contributed by atoms with E-state index < -0.39 is 0 Å². The third-order valence-electron chi connectivity index (χ3n) is 3.47. The van der Waals surface area contributed by atoms with Gasteiger partial charge >= 0.3 is 0 Å². The van der Waals surface area contributed by atoms with E-state index in [1.54, 1.807) is 11.8 Å². The minimum atomic E-state index is 0.824. The van der Waals surface area contributed by atoms with Crippen molar-refractivity contribution in [2.75, 3.05) is 24.7 Å². The van der Waals surface area contributed by atoms with Crippen LogP contribution in [-0.4, -0.2) is 29.3 Å². The van der Waals surface area contributed by atoms with E-state index in [2.05, 4.69) is 36.5 Å². The lowest BCUT2D eigenvalue weighted by Crippen LogP contribution is -2.16. The van der Waals surface area contributed by atoms with Crippen LogP contribution >= 0.6 is 27.7 Å². The molecule has 1 aliphatic rings. The molecule has 2 heterocycles. The predicted molar refractivity (Wildman–Crippen MR) is 91.5 cm³/mol. The molecule has 0 unspecified atom stereocenters. The summed E-state index contributed by atoms with van der Waals surface area (Å²) in [4.78, 5) is 9.35. The van der Waals surface area contributed by atoms with Crippen LogP contribution in [0.25, 0.3) is 0 Å². The summed E-state index contributed by atoms with van der Waals surface area (Å²) < 4.78 is 1.04. The van der Waals surface area contributed by atoms with Crippen LogP contribution in [0, 0.1) is 0 Å². The normalized spacial score (nSPS) is 14.4. The first kappa shape index (κ1) is 14.8. The Morgan fingerprint density at radius 2 is 2.00 bits per heavy atom. The van der Waals surface area contributed by atoms with Gasteiger partial charge in [-0.15, -0.1) is 0 Å². The third-order valence-corrected chi connectivity index (χ3v) is 4.71. The molecule has 4 nitrogen and oxygen atoms in total. The van der Waals surface area contributed by atoms with Gasteiger partial charge in [-0.1, -0.05) is 23.9 Å². The Labute approximate surface area is 137 Å². The summed E-state index contributed by atoms with van der Waals surface area (Å²) >= 11 is 5.16. The zero-order valence-corrected chi connectivity index (χ0v) is 14.2. The summed E-state index contributed by atoms with van der Waals surface area (Å²) in [5, 5.41) is 7.71. The summed E-state index contributed by atoms with van der Waals surface area (Å²) in [5.41, 5.74) is 3.42. The monoisotopic (exact) mass is 364 g/mol. The highest BCUT2D eigenvalue weighted by Crippen LogP contribution is 2.29. The molecule has 0 saturated carbocycles. The summed E-state index contributed by atoms with van der Waals surface area (Å²) in [6.45, 7) is 1.95. The quantitative estimate of drug-likeness (QED) is 0.645. The second-order valence-electron chi connectivity index (χ2n) is 4.84. The molecule has 0 spiro atoms. The Morgan fingerprint density at radius 1 is 1.19 bits per heavy atom. The molecule has 0 saturated heterocycles. The standard InChI is InChI=1S/C15H17BrN4S/c1-21-15-19-12-7-9-17-8-6-10(12)14(20-15)18-13-5-3-2-4-11(13)16/h2-5,17H,6-9H2,1H3,(H,18,19,20). The number of rotatable bonds is 3. The van der Waals surface area contributed by atoms with E-state index in [0.29, 0.717) is 0 Å². The van der Waals surface area contributed by atoms with E-state index in [0.717, 1.165) is 52.8 Å². The molecule has 1 aromatic heterocycles. The van der Waals surface area contributed by atoms with Crippen LogP contribution in [-0.2, 0) is 12.8 Å². The number of benzene rings is 1. The molecular formula is C15H17BrN4S. The molecule has 6 heteroatoms. The largest absolute Gasteiger partial charge is 0.339 e. The summed E-state index contributed by atoms with van der Waals surface area (Å²) in [6.07, 6.45) is 3.92. The number of hydrogen-bond acceptors (Lipinski definition) is 5. The van der Waals surface area contributed by atoms with Crippen molar-refractivity contribution in [2.24, 2.45) is 0 Å². The number of halogens is 1. The first-order valence-electron chi connectivity index (χ1n) is 6.94. The zero-order valence-electron chi connectivity index (χ0n) is 11.8. The van der Waals surface area contributed by atoms with Gasteiger partial charge in [0.25, 0.3) is 0 Å². The molecule has 21 heavy (non-hydrogen) atoms. The van der Waals surface area contributed by atoms with E-state index in [1.807, 2.05) is 30.5 Å². The summed E-state index contributed by atoms with van der Waals surface area (Å²) in [6, 6.07) is 8.10. The van der Waals surface area contributed by atoms with Crippen LogP contribution in [0.5, 0.6) is 0 Å². The average molecular weight is 365 g/mol. The summed E-state index contributed by atoms with van der Waals surface area (Å²) in [5.74, 6) is 0.931. The van der Waals surface area contributed by atoms with Gasteiger partial charge in [0.1, 0.15) is 5.82 Å². The van der Waals surface area contributed by atoms with Crippen LogP contribution < -0.4 is 10.6 Å². The molecule has 2 N–H and O–H groups in total. The highest BCUT2D eigenvalue weighted by Gasteiger charge is 2.17. The lowest BCUT2D eigenvalue weighted by Gasteiger charge is -2.15. The van der Waals surface area contributed by atoms with Crippen molar-refractivity contribution < 1.29 is 0 Å². The molecule has 0 aliphatic carbocycles. The molecular weight excluding hydrogens is 348 g/mol. The smallest absolute Gasteiger partial charge is 0.189 e. The first-order valence-corrected chi connectivity index (χ1v) is 8.96. The van der Waals surface area contributed by atoms with Gasteiger partial charge in [-0.25, -0.2) is 9.97 Å². The second kappa shape index (κ2) is 6.77. The van der Waals surface area contributed by atoms with Crippen LogP contribution in [0.3, 0.4) is 0 Å². The predicted octanol–water partition coefficient (Wildman–Crippen LogP) is 3.39. The fourth-order valence-corrected chi connectivity index (χ4v) is 3.18. The van der Waals surface area contributed by atoms with E-state index in [9.17, 15) is 0 Å². The molecule has 0 radical (unpaired) electrons. The maximum absolute atomic E-state index is 4.68. The van der Waals surface area contributed by atoms with Crippen molar-refractivity contribution in [3.8, 4) is 0 Å². The topological polar surface area (TPSA) is 49.8 Å². The van der Waals surface area contributed by atoms with E-state index in [4.69, 9.17) is 0 Å². The van der Waals surface area contributed by atoms with Gasteiger partial charge in [-0.2, -0.15) is 0 Å². The molecule has 2 aromatic rings. The molecule has 3 rings (SSSR count). The fraction of sp³-hybridized carbons (Fsp3) is 0.333. The van der Waals surface area contributed by atoms with Gasteiger partial charge < -0.3 is 10.6 Å². The molecule has 0 amide bonds. The fourth-order valence-electron chi connectivity index (χ4n) is 2.41. The van der Waals surface area contributed by atoms with Gasteiger partial charge in [0.05, 0.1) is 11.4 Å². The molecule has 1 aliphatic heterocycles. The SMILES string of the molecule is CSc1nc2c(c(Nc3ccccc3Br)n1)CCNCC2. The van der Waals surface area contributed by atoms with Gasteiger partial charge in [0, 0.05) is 23.0 Å². The van der Waals surface area contributed by atoms with E-state index in [-0.39, 0.29) is 0 Å². The molecule has 0 atom stereocenters. The van der Waals surface area contributed by atoms with Crippen LogP contribution in [0.2, 0.25) is 0 Å². The minimum Gasteiger partial charge on any atom is -0.339 e. The van der Waals surface area contributed by atoms with Gasteiger partial charge in [-0.3, -0.25) is 0 Å². The van der Waals surface area contributed by atoms with Crippen LogP contribution in [0.4, 0.5) is 11.5 Å². The minimum absolute atomic E-state index is 0.824. The van der Waals surface area contributed by atoms with Gasteiger partial charge in [0.15, 0.2) is 5.16 Å². The highest BCUT2D eigenvalue weighted by atomic mass is 79.9. The number of hydrogen-bond donors (Lipinski definition) is 2. The highest BCUT2D eigenvalue weighted by molar-refractivity contribution is 9.10. The van der Waals surface area contributed by atoms with Gasteiger partial charge in [0.2, 0.25) is 0 Å². The molecule has 0 bridgehead atoms. The maximum atomic E-state index is 4.68. The van der Waals surface area contributed by atoms with Crippen molar-refractivity contribution in [3.05, 3.63) is 40.0 Å². The van der Waals surface area contributed by atoms with Crippen molar-refractivity contribution in [1.29, 1.82) is 0 Å².